The van der Waals surface area contributed by atoms with Crippen molar-refractivity contribution in [2.24, 2.45) is 0 Å². The summed E-state index contributed by atoms with van der Waals surface area (Å²) < 4.78 is 22.9. The molecule has 0 aromatic heterocycles. The van der Waals surface area contributed by atoms with E-state index in [1.807, 2.05) is 146 Å². The quantitative estimate of drug-likeness (QED) is 0.0579. The van der Waals surface area contributed by atoms with Crippen LogP contribution in [0.25, 0.3) is 22.3 Å². The summed E-state index contributed by atoms with van der Waals surface area (Å²) in [4.78, 5) is 9.04. The average molecular weight is 1230 g/mol. The van der Waals surface area contributed by atoms with Crippen LogP contribution in [0.4, 0.5) is 68.2 Å². The van der Waals surface area contributed by atoms with Gasteiger partial charge in [-0.2, -0.15) is 0 Å². The zero-order valence-corrected chi connectivity index (χ0v) is 51.9. The maximum atomic E-state index is 10.3. The van der Waals surface area contributed by atoms with Crippen LogP contribution < -0.4 is 38.5 Å². The van der Waals surface area contributed by atoms with E-state index in [0.717, 1.165) is 158 Å². The fourth-order valence-corrected chi connectivity index (χ4v) is 13.5. The van der Waals surface area contributed by atoms with E-state index in [1.54, 1.807) is 28.4 Å². The number of ether oxygens (including phenoxy) is 4. The van der Waals surface area contributed by atoms with Gasteiger partial charge in [-0.15, -0.1) is 0 Å². The highest BCUT2D eigenvalue weighted by Crippen LogP contribution is 2.65. The van der Waals surface area contributed by atoms with Crippen molar-refractivity contribution in [3.05, 3.63) is 311 Å². The Kier molecular flexibility index (Phi) is 16.2. The molecule has 2 aliphatic rings. The molecule has 0 saturated heterocycles. The SMILES string of the molecule is COc1ccc(N(c2ccc(OC)cc2)c2ccc3c(c2)C2(c4cc(N(c5ccc(CO)cc5)c5ccc(CO)cc5)ccc4-3)c3cc(N(c4ccc(CO)cc4)c4ccc(CO)cc4)ccc3-c3ccc(N(c4ccc(OC)cc4)c4ccc(OC)cc4)cc32)cc1. The molecule has 93 heavy (non-hydrogen) atoms. The molecule has 0 saturated carbocycles. The van der Waals surface area contributed by atoms with Gasteiger partial charge in [-0.3, -0.25) is 0 Å². The molecule has 0 heterocycles. The Morgan fingerprint density at radius 1 is 0.226 bits per heavy atom. The Bertz CT molecular complexity index is 3850. The molecule has 12 aromatic rings. The van der Waals surface area contributed by atoms with E-state index in [4.69, 9.17) is 18.9 Å². The van der Waals surface area contributed by atoms with Crippen LogP contribution in [-0.4, -0.2) is 48.9 Å². The van der Waals surface area contributed by atoms with Crippen molar-refractivity contribution in [1.82, 2.24) is 0 Å². The largest absolute Gasteiger partial charge is 0.497 e. The molecule has 0 aliphatic heterocycles. The minimum atomic E-state index is -1.06. The van der Waals surface area contributed by atoms with Gasteiger partial charge in [0.15, 0.2) is 0 Å². The standard InChI is InChI=1S/C81H68N4O8/c1-90-69-33-21-61(22-34-69)84(62-23-35-70(91-2)36-24-62)67-31-43-75-73-41-29-65(82(57-13-5-53(49-86)6-14-57)58-15-7-54(50-87)8-16-58)45-77(73)81(79(75)47-67)78-46-66(83(59-17-9-55(51-88)10-18-59)60-19-11-56(52-89)12-20-60)30-42-74(78)76-44-32-68(48-80(76)81)85(63-25-37-71(92-3)38-26-63)64-27-39-72(93-4)40-28-64/h5-48,86-89H,49-52H2,1-4H3. The third-order valence-corrected chi connectivity index (χ3v) is 18.1. The summed E-state index contributed by atoms with van der Waals surface area (Å²) in [7, 11) is 6.72. The van der Waals surface area contributed by atoms with Crippen LogP contribution in [0.2, 0.25) is 0 Å². The highest BCUT2D eigenvalue weighted by molar-refractivity contribution is 6.00. The summed E-state index contributed by atoms with van der Waals surface area (Å²) in [6, 6.07) is 92.0. The van der Waals surface area contributed by atoms with Crippen molar-refractivity contribution >= 4 is 68.2 Å². The molecule has 0 fully saturated rings. The van der Waals surface area contributed by atoms with Crippen LogP contribution in [0.5, 0.6) is 23.0 Å². The molecule has 14 rings (SSSR count). The molecule has 0 amide bonds. The first-order valence-electron chi connectivity index (χ1n) is 30.8. The summed E-state index contributed by atoms with van der Waals surface area (Å²) in [5.41, 5.74) is 21.4. The molecule has 0 unspecified atom stereocenters. The van der Waals surface area contributed by atoms with E-state index >= 15 is 0 Å². The van der Waals surface area contributed by atoms with Gasteiger partial charge in [0.25, 0.3) is 0 Å². The highest BCUT2D eigenvalue weighted by Gasteiger charge is 2.53. The second-order valence-corrected chi connectivity index (χ2v) is 23.1. The molecule has 12 aromatic carbocycles. The third kappa shape index (κ3) is 10.7. The van der Waals surface area contributed by atoms with Gasteiger partial charge in [0.05, 0.1) is 60.3 Å². The molecule has 2 aliphatic carbocycles. The zero-order valence-electron chi connectivity index (χ0n) is 51.9. The smallest absolute Gasteiger partial charge is 0.119 e. The average Bonchev–Trinajstić information content (AvgIpc) is 1.51. The predicted molar refractivity (Wildman–Crippen MR) is 371 cm³/mol. The summed E-state index contributed by atoms with van der Waals surface area (Å²) in [5, 5.41) is 41.3. The van der Waals surface area contributed by atoms with E-state index in [2.05, 4.69) is 141 Å². The summed E-state index contributed by atoms with van der Waals surface area (Å²) in [6.07, 6.45) is 0. The van der Waals surface area contributed by atoms with Crippen molar-refractivity contribution in [2.75, 3.05) is 48.0 Å². The molecular formula is C81H68N4O8. The molecule has 460 valence electrons. The molecular weight excluding hydrogens is 1160 g/mol. The van der Waals surface area contributed by atoms with Crippen molar-refractivity contribution in [3.8, 4) is 45.3 Å². The Morgan fingerprint density at radius 2 is 0.387 bits per heavy atom. The zero-order chi connectivity index (χ0) is 63.7. The normalized spacial score (nSPS) is 12.1. The first-order chi connectivity index (χ1) is 45.7. The highest BCUT2D eigenvalue weighted by atomic mass is 16.5. The number of rotatable bonds is 20. The van der Waals surface area contributed by atoms with E-state index < -0.39 is 5.41 Å². The van der Waals surface area contributed by atoms with Crippen LogP contribution >= 0.6 is 0 Å². The molecule has 0 bridgehead atoms. The number of methoxy groups -OCH3 is 4. The van der Waals surface area contributed by atoms with E-state index in [9.17, 15) is 20.4 Å². The van der Waals surface area contributed by atoms with E-state index in [0.29, 0.717) is 0 Å². The Hall–Kier alpha value is -11.1. The molecule has 4 N–H and O–H groups in total. The number of aliphatic hydroxyl groups is 4. The minimum absolute atomic E-state index is 0.0992. The lowest BCUT2D eigenvalue weighted by Gasteiger charge is -2.35. The summed E-state index contributed by atoms with van der Waals surface area (Å²) in [6.45, 7) is -0.397. The number of nitrogens with zero attached hydrogens (tertiary/aromatic N) is 4. The Labute approximate surface area is 541 Å². The minimum Gasteiger partial charge on any atom is -0.497 e. The monoisotopic (exact) mass is 1220 g/mol. The van der Waals surface area contributed by atoms with Gasteiger partial charge in [-0.25, -0.2) is 0 Å². The molecule has 12 heteroatoms. The first-order valence-corrected chi connectivity index (χ1v) is 30.8. The van der Waals surface area contributed by atoms with Crippen molar-refractivity contribution in [3.63, 3.8) is 0 Å². The number of hydrogen-bond acceptors (Lipinski definition) is 12. The number of hydrogen-bond donors (Lipinski definition) is 4. The number of fused-ring (bicyclic) bond motifs is 10. The molecule has 12 nitrogen and oxygen atoms in total. The number of aliphatic hydroxyl groups excluding tert-OH is 4. The molecule has 0 radical (unpaired) electrons. The lowest BCUT2D eigenvalue weighted by molar-refractivity contribution is 0.281. The topological polar surface area (TPSA) is 131 Å². The van der Waals surface area contributed by atoms with Crippen LogP contribution in [0.15, 0.2) is 267 Å². The number of benzene rings is 12. The van der Waals surface area contributed by atoms with Gasteiger partial charge in [0.1, 0.15) is 23.0 Å². The maximum absolute atomic E-state index is 10.3. The second-order valence-electron chi connectivity index (χ2n) is 23.1. The Balaban J connectivity index is 1.10. The van der Waals surface area contributed by atoms with E-state index in [-0.39, 0.29) is 26.4 Å². The number of anilines is 12. The third-order valence-electron chi connectivity index (χ3n) is 18.1. The van der Waals surface area contributed by atoms with Gasteiger partial charge >= 0.3 is 0 Å². The van der Waals surface area contributed by atoms with Crippen LogP contribution in [0.1, 0.15) is 44.5 Å². The fourth-order valence-electron chi connectivity index (χ4n) is 13.5. The van der Waals surface area contributed by atoms with Crippen molar-refractivity contribution < 1.29 is 39.4 Å². The van der Waals surface area contributed by atoms with Gasteiger partial charge < -0.3 is 59.0 Å². The van der Waals surface area contributed by atoms with Gasteiger partial charge in [0, 0.05) is 68.2 Å². The van der Waals surface area contributed by atoms with Gasteiger partial charge in [0.2, 0.25) is 0 Å². The first kappa shape index (κ1) is 59.5. The Morgan fingerprint density at radius 3 is 0.548 bits per heavy atom. The fraction of sp³-hybridized carbons (Fsp3) is 0.111. The van der Waals surface area contributed by atoms with Crippen LogP contribution in [-0.2, 0) is 31.8 Å². The van der Waals surface area contributed by atoms with Gasteiger partial charge in [-0.1, -0.05) is 72.8 Å². The predicted octanol–water partition coefficient (Wildman–Crippen LogP) is 17.9. The lowest BCUT2D eigenvalue weighted by atomic mass is 9.70. The summed E-state index contributed by atoms with van der Waals surface area (Å²) >= 11 is 0. The van der Waals surface area contributed by atoms with Crippen molar-refractivity contribution in [1.29, 1.82) is 0 Å². The maximum Gasteiger partial charge on any atom is 0.119 e. The van der Waals surface area contributed by atoms with Crippen LogP contribution in [0.3, 0.4) is 0 Å². The van der Waals surface area contributed by atoms with Crippen LogP contribution in [0, 0.1) is 0 Å². The molecule has 1 spiro atoms. The lowest BCUT2D eigenvalue weighted by Crippen LogP contribution is -2.27. The molecule has 0 atom stereocenters. The second kappa shape index (κ2) is 25.3. The van der Waals surface area contributed by atoms with Crippen molar-refractivity contribution in [2.45, 2.75) is 31.8 Å². The summed E-state index contributed by atoms with van der Waals surface area (Å²) in [5.74, 6) is 2.95. The van der Waals surface area contributed by atoms with E-state index in [1.165, 1.54) is 0 Å². The van der Waals surface area contributed by atoms with Gasteiger partial charge in [-0.05, 0) is 261 Å².